The summed E-state index contributed by atoms with van der Waals surface area (Å²) >= 11 is 0. The van der Waals surface area contributed by atoms with Gasteiger partial charge in [-0.05, 0) is 11.8 Å². The van der Waals surface area contributed by atoms with Crippen molar-refractivity contribution in [1.82, 2.24) is 5.32 Å². The lowest BCUT2D eigenvalue weighted by molar-refractivity contribution is -0.145. The lowest BCUT2D eigenvalue weighted by Crippen LogP contribution is -2.49. The summed E-state index contributed by atoms with van der Waals surface area (Å²) in [4.78, 5) is 22.8. The summed E-state index contributed by atoms with van der Waals surface area (Å²) in [6.07, 6.45) is 0.151. The number of alkyl carbamates (subject to hydrolysis) is 1. The van der Waals surface area contributed by atoms with Gasteiger partial charge in [-0.2, -0.15) is 0 Å². The molecule has 0 aliphatic rings. The molecule has 0 aromatic carbocycles. The molecule has 16 heavy (non-hydrogen) atoms. The van der Waals surface area contributed by atoms with Crippen molar-refractivity contribution < 1.29 is 19.1 Å². The minimum Gasteiger partial charge on any atom is -0.467 e. The average molecular weight is 231 g/mol. The second kappa shape index (κ2) is 6.35. The molecule has 94 valence electrons. The Balaban J connectivity index is 4.44. The minimum atomic E-state index is -0.707. The zero-order valence-electron chi connectivity index (χ0n) is 10.6. The highest BCUT2D eigenvalue weighted by molar-refractivity contribution is 5.82. The highest BCUT2D eigenvalue weighted by Crippen LogP contribution is 2.20. The van der Waals surface area contributed by atoms with Crippen LogP contribution < -0.4 is 5.32 Å². The number of esters is 1. The van der Waals surface area contributed by atoms with E-state index in [1.807, 2.05) is 27.7 Å². The fourth-order valence-electron chi connectivity index (χ4n) is 1.10. The van der Waals surface area contributed by atoms with Gasteiger partial charge in [-0.15, -0.1) is 0 Å². The second-order valence-electron chi connectivity index (χ2n) is 4.60. The molecule has 1 N–H and O–H groups in total. The van der Waals surface area contributed by atoms with Gasteiger partial charge in [0, 0.05) is 0 Å². The van der Waals surface area contributed by atoms with Crippen LogP contribution in [-0.2, 0) is 14.3 Å². The van der Waals surface area contributed by atoms with E-state index >= 15 is 0 Å². The number of rotatable bonds is 4. The Labute approximate surface area is 96.5 Å². The maximum absolute atomic E-state index is 11.5. The third-order valence-electron chi connectivity index (χ3n) is 2.00. The molecule has 0 heterocycles. The minimum absolute atomic E-state index is 0.337. The summed E-state index contributed by atoms with van der Waals surface area (Å²) in [5.74, 6) is -0.471. The molecule has 1 amide bonds. The van der Waals surface area contributed by atoms with E-state index in [4.69, 9.17) is 4.74 Å². The van der Waals surface area contributed by atoms with Crippen molar-refractivity contribution in [3.63, 3.8) is 0 Å². The van der Waals surface area contributed by atoms with E-state index in [1.54, 1.807) is 0 Å². The van der Waals surface area contributed by atoms with Gasteiger partial charge in [0.05, 0.1) is 13.7 Å². The van der Waals surface area contributed by atoms with Crippen LogP contribution in [0.3, 0.4) is 0 Å². The number of ether oxygens (including phenoxy) is 2. The van der Waals surface area contributed by atoms with E-state index in [9.17, 15) is 9.59 Å². The van der Waals surface area contributed by atoms with Crippen LogP contribution in [0.4, 0.5) is 4.79 Å². The zero-order valence-corrected chi connectivity index (χ0v) is 10.6. The molecule has 0 saturated heterocycles. The molecule has 5 nitrogen and oxygen atoms in total. The first-order chi connectivity index (χ1) is 7.32. The molecule has 0 aliphatic heterocycles. The van der Waals surface area contributed by atoms with Crippen molar-refractivity contribution in [3.8, 4) is 0 Å². The van der Waals surface area contributed by atoms with E-state index in [1.165, 1.54) is 7.11 Å². The van der Waals surface area contributed by atoms with Gasteiger partial charge in [0.2, 0.25) is 0 Å². The molecule has 0 aromatic rings. The monoisotopic (exact) mass is 231 g/mol. The maximum Gasteiger partial charge on any atom is 0.407 e. The molecular formula is C11H21NO4. The third-order valence-corrected chi connectivity index (χ3v) is 2.00. The number of hydrogen-bond donors (Lipinski definition) is 1. The number of carbonyl (C=O) groups excluding carboxylic acids is 2. The molecule has 0 aliphatic carbocycles. The summed E-state index contributed by atoms with van der Waals surface area (Å²) in [6, 6.07) is -0.707. The first kappa shape index (κ1) is 14.7. The fraction of sp³-hybridized carbons (Fsp3) is 0.818. The number of nitrogens with one attached hydrogen (secondary N) is 1. The lowest BCUT2D eigenvalue weighted by Gasteiger charge is -2.28. The van der Waals surface area contributed by atoms with Gasteiger partial charge in [-0.25, -0.2) is 9.59 Å². The molecular weight excluding hydrogens is 210 g/mol. The lowest BCUT2D eigenvalue weighted by atomic mass is 9.87. The smallest absolute Gasteiger partial charge is 0.407 e. The second-order valence-corrected chi connectivity index (χ2v) is 4.60. The summed E-state index contributed by atoms with van der Waals surface area (Å²) in [6.45, 7) is 7.76. The topological polar surface area (TPSA) is 64.6 Å². The Morgan fingerprint density at radius 1 is 1.31 bits per heavy atom. The Bertz CT molecular complexity index is 245. The van der Waals surface area contributed by atoms with E-state index in [0.29, 0.717) is 6.61 Å². The third kappa shape index (κ3) is 5.00. The molecule has 0 unspecified atom stereocenters. The molecule has 0 radical (unpaired) electrons. The van der Waals surface area contributed by atoms with Crippen LogP contribution in [0.5, 0.6) is 0 Å². The summed E-state index contributed by atoms with van der Waals surface area (Å²) in [7, 11) is 1.29. The largest absolute Gasteiger partial charge is 0.467 e. The van der Waals surface area contributed by atoms with Gasteiger partial charge in [0.15, 0.2) is 0 Å². The molecule has 0 spiro atoms. The van der Waals surface area contributed by atoms with Crippen LogP contribution in [0.1, 0.15) is 34.1 Å². The van der Waals surface area contributed by atoms with Crippen LogP contribution in [0.15, 0.2) is 0 Å². The summed E-state index contributed by atoms with van der Waals surface area (Å²) in [5.41, 5.74) is -0.418. The van der Waals surface area contributed by atoms with Crippen molar-refractivity contribution >= 4 is 12.1 Å². The zero-order chi connectivity index (χ0) is 12.8. The Kier molecular flexibility index (Phi) is 5.85. The number of carbonyl (C=O) groups is 2. The molecule has 0 rings (SSSR count). The van der Waals surface area contributed by atoms with Crippen LogP contribution in [0.25, 0.3) is 0 Å². The highest BCUT2D eigenvalue weighted by atomic mass is 16.6. The van der Waals surface area contributed by atoms with Crippen LogP contribution >= 0.6 is 0 Å². The summed E-state index contributed by atoms with van der Waals surface area (Å²) in [5, 5.41) is 2.51. The quantitative estimate of drug-likeness (QED) is 0.748. The molecule has 5 heteroatoms. The van der Waals surface area contributed by atoms with E-state index < -0.39 is 23.5 Å². The molecule has 0 fully saturated rings. The van der Waals surface area contributed by atoms with Gasteiger partial charge >= 0.3 is 12.1 Å². The van der Waals surface area contributed by atoms with Gasteiger partial charge < -0.3 is 14.8 Å². The van der Waals surface area contributed by atoms with Crippen molar-refractivity contribution in [2.45, 2.75) is 40.2 Å². The highest BCUT2D eigenvalue weighted by Gasteiger charge is 2.33. The average Bonchev–Trinajstić information content (AvgIpc) is 2.20. The van der Waals surface area contributed by atoms with Crippen molar-refractivity contribution in [1.29, 1.82) is 0 Å². The normalized spacial score (nSPS) is 12.8. The van der Waals surface area contributed by atoms with Gasteiger partial charge in [-0.1, -0.05) is 27.7 Å². The first-order valence-electron chi connectivity index (χ1n) is 5.34. The first-order valence-corrected chi connectivity index (χ1v) is 5.34. The molecule has 0 bridgehead atoms. The van der Waals surface area contributed by atoms with Crippen molar-refractivity contribution in [2.75, 3.05) is 13.7 Å². The Hall–Kier alpha value is -1.26. The van der Waals surface area contributed by atoms with E-state index in [0.717, 1.165) is 6.42 Å². The van der Waals surface area contributed by atoms with E-state index in [2.05, 4.69) is 10.1 Å². The molecule has 0 saturated carbocycles. The van der Waals surface area contributed by atoms with Gasteiger partial charge in [0.25, 0.3) is 0 Å². The molecule has 1 atom stereocenters. The predicted octanol–water partition coefficient (Wildman–Crippen LogP) is 1.71. The SMILES string of the molecule is CCCOC(=O)N[C@H](C(=O)OC)C(C)(C)C. The fourth-order valence-corrected chi connectivity index (χ4v) is 1.10. The number of amides is 1. The van der Waals surface area contributed by atoms with Crippen LogP contribution in [0, 0.1) is 5.41 Å². The van der Waals surface area contributed by atoms with Gasteiger partial charge in [-0.3, -0.25) is 0 Å². The summed E-state index contributed by atoms with van der Waals surface area (Å²) < 4.78 is 9.49. The van der Waals surface area contributed by atoms with Gasteiger partial charge in [0.1, 0.15) is 6.04 Å². The Morgan fingerprint density at radius 2 is 1.88 bits per heavy atom. The molecule has 0 aromatic heterocycles. The standard InChI is InChI=1S/C11H21NO4/c1-6-7-16-10(14)12-8(9(13)15-5)11(2,3)4/h8H,6-7H2,1-5H3,(H,12,14)/t8-/m1/s1. The van der Waals surface area contributed by atoms with E-state index in [-0.39, 0.29) is 0 Å². The number of methoxy groups -OCH3 is 1. The predicted molar refractivity (Wildman–Crippen MR) is 60.0 cm³/mol. The number of hydrogen-bond acceptors (Lipinski definition) is 4. The Morgan fingerprint density at radius 3 is 2.25 bits per heavy atom. The maximum atomic E-state index is 11.5. The van der Waals surface area contributed by atoms with Crippen molar-refractivity contribution in [2.24, 2.45) is 5.41 Å². The van der Waals surface area contributed by atoms with Crippen LogP contribution in [-0.4, -0.2) is 31.8 Å². The van der Waals surface area contributed by atoms with Crippen molar-refractivity contribution in [3.05, 3.63) is 0 Å². The van der Waals surface area contributed by atoms with Crippen LogP contribution in [0.2, 0.25) is 0 Å².